The largest absolute Gasteiger partial charge is 0.392 e. The minimum atomic E-state index is -0.205. The number of β-amino-alcohol motifs (C(OH)–C–C–N with tert-alkyl or cyclic N) is 1. The number of rotatable bonds is 4. The van der Waals surface area contributed by atoms with Crippen LogP contribution in [-0.4, -0.2) is 35.2 Å². The molecule has 4 heteroatoms. The van der Waals surface area contributed by atoms with E-state index in [9.17, 15) is 5.11 Å². The molecule has 1 fully saturated rings. The van der Waals surface area contributed by atoms with Gasteiger partial charge in [0, 0.05) is 23.6 Å². The number of nitrogens with two attached hydrogens (primary N) is 1. The first-order valence-corrected chi connectivity index (χ1v) is 7.34. The molecule has 0 aliphatic carbocycles. The van der Waals surface area contributed by atoms with Crippen molar-refractivity contribution in [3.63, 3.8) is 0 Å². The van der Waals surface area contributed by atoms with Gasteiger partial charge in [0.05, 0.1) is 12.1 Å². The molecule has 3 unspecified atom stereocenters. The Labute approximate surface area is 117 Å². The van der Waals surface area contributed by atoms with E-state index < -0.39 is 0 Å². The van der Waals surface area contributed by atoms with Crippen molar-refractivity contribution in [3.05, 3.63) is 34.3 Å². The molecular formula is C14H21BrN2O. The minimum Gasteiger partial charge on any atom is -0.392 e. The van der Waals surface area contributed by atoms with Crippen molar-refractivity contribution in [2.45, 2.75) is 38.0 Å². The topological polar surface area (TPSA) is 49.5 Å². The molecule has 0 spiro atoms. The smallest absolute Gasteiger partial charge is 0.0679 e. The van der Waals surface area contributed by atoms with Crippen LogP contribution in [0.15, 0.2) is 28.7 Å². The molecule has 0 amide bonds. The Hall–Kier alpha value is -0.420. The van der Waals surface area contributed by atoms with E-state index in [1.165, 1.54) is 5.56 Å². The fraction of sp³-hybridized carbons (Fsp3) is 0.571. The normalized spacial score (nSPS) is 24.1. The second-order valence-corrected chi connectivity index (χ2v) is 5.93. The first kappa shape index (κ1) is 14.0. The summed E-state index contributed by atoms with van der Waals surface area (Å²) in [6, 6.07) is 8.62. The lowest BCUT2D eigenvalue weighted by atomic mass is 9.97. The average molecular weight is 313 g/mol. The molecule has 0 aromatic heterocycles. The van der Waals surface area contributed by atoms with Crippen LogP contribution in [0.3, 0.4) is 0 Å². The van der Waals surface area contributed by atoms with Gasteiger partial charge in [0.25, 0.3) is 0 Å². The van der Waals surface area contributed by atoms with Crippen LogP contribution in [0.5, 0.6) is 0 Å². The minimum absolute atomic E-state index is 0.101. The Kier molecular flexibility index (Phi) is 4.78. The first-order chi connectivity index (χ1) is 8.61. The summed E-state index contributed by atoms with van der Waals surface area (Å²) in [4.78, 5) is 2.31. The molecule has 1 aromatic carbocycles. The average Bonchev–Trinajstić information content (AvgIpc) is 2.76. The fourth-order valence-electron chi connectivity index (χ4n) is 2.66. The number of aliphatic hydroxyl groups is 1. The van der Waals surface area contributed by atoms with E-state index in [0.29, 0.717) is 0 Å². The molecule has 1 aliphatic heterocycles. The SMILES string of the molecule is CCC(N)C(c1cccc(Br)c1)N1CCC(O)C1. The lowest BCUT2D eigenvalue weighted by molar-refractivity contribution is 0.148. The van der Waals surface area contributed by atoms with Crippen molar-refractivity contribution in [1.29, 1.82) is 0 Å². The van der Waals surface area contributed by atoms with Crippen molar-refractivity contribution in [1.82, 2.24) is 4.90 Å². The fourth-order valence-corrected chi connectivity index (χ4v) is 3.08. The molecule has 18 heavy (non-hydrogen) atoms. The number of halogens is 1. The number of hydrogen-bond acceptors (Lipinski definition) is 3. The summed E-state index contributed by atoms with van der Waals surface area (Å²) in [5, 5.41) is 9.71. The summed E-state index contributed by atoms with van der Waals surface area (Å²) >= 11 is 3.51. The zero-order valence-corrected chi connectivity index (χ0v) is 12.3. The summed E-state index contributed by atoms with van der Waals surface area (Å²) in [5.41, 5.74) is 7.52. The van der Waals surface area contributed by atoms with Crippen LogP contribution in [0.1, 0.15) is 31.4 Å². The molecule has 0 bridgehead atoms. The molecule has 2 rings (SSSR count). The molecule has 3 atom stereocenters. The predicted octanol–water partition coefficient (Wildman–Crippen LogP) is 2.29. The highest BCUT2D eigenvalue weighted by atomic mass is 79.9. The van der Waals surface area contributed by atoms with Crippen LogP contribution in [0, 0.1) is 0 Å². The third-order valence-corrected chi connectivity index (χ3v) is 4.15. The lowest BCUT2D eigenvalue weighted by Crippen LogP contribution is -2.40. The maximum absolute atomic E-state index is 9.71. The zero-order chi connectivity index (χ0) is 13.1. The van der Waals surface area contributed by atoms with E-state index in [1.54, 1.807) is 0 Å². The Bertz CT molecular complexity index is 399. The van der Waals surface area contributed by atoms with Crippen LogP contribution >= 0.6 is 15.9 Å². The summed E-state index contributed by atoms with van der Waals surface area (Å²) in [7, 11) is 0. The second-order valence-electron chi connectivity index (χ2n) is 5.01. The van der Waals surface area contributed by atoms with E-state index in [2.05, 4.69) is 39.9 Å². The summed E-state index contributed by atoms with van der Waals surface area (Å²) in [6.45, 7) is 3.76. The van der Waals surface area contributed by atoms with Gasteiger partial charge in [-0.2, -0.15) is 0 Å². The Balaban J connectivity index is 2.25. The molecule has 3 nitrogen and oxygen atoms in total. The molecule has 0 saturated carbocycles. The summed E-state index contributed by atoms with van der Waals surface area (Å²) in [6.07, 6.45) is 1.58. The molecule has 100 valence electrons. The van der Waals surface area contributed by atoms with Gasteiger partial charge in [0.15, 0.2) is 0 Å². The molecule has 0 radical (unpaired) electrons. The van der Waals surface area contributed by atoms with E-state index >= 15 is 0 Å². The van der Waals surface area contributed by atoms with E-state index in [1.807, 2.05) is 12.1 Å². The Morgan fingerprint density at radius 2 is 2.33 bits per heavy atom. The van der Waals surface area contributed by atoms with Crippen molar-refractivity contribution < 1.29 is 5.11 Å². The highest BCUT2D eigenvalue weighted by molar-refractivity contribution is 9.10. The van der Waals surface area contributed by atoms with Crippen LogP contribution in [0.2, 0.25) is 0 Å². The zero-order valence-electron chi connectivity index (χ0n) is 10.7. The maximum atomic E-state index is 9.71. The van der Waals surface area contributed by atoms with Crippen molar-refractivity contribution in [2.75, 3.05) is 13.1 Å². The van der Waals surface area contributed by atoms with Gasteiger partial charge in [0.2, 0.25) is 0 Å². The van der Waals surface area contributed by atoms with Gasteiger partial charge in [-0.15, -0.1) is 0 Å². The van der Waals surface area contributed by atoms with Crippen LogP contribution in [-0.2, 0) is 0 Å². The van der Waals surface area contributed by atoms with Gasteiger partial charge in [-0.1, -0.05) is 35.0 Å². The van der Waals surface area contributed by atoms with Gasteiger partial charge >= 0.3 is 0 Å². The highest BCUT2D eigenvalue weighted by Crippen LogP contribution is 2.30. The highest BCUT2D eigenvalue weighted by Gasteiger charge is 2.31. The quantitative estimate of drug-likeness (QED) is 0.897. The number of likely N-dealkylation sites (tertiary alicyclic amines) is 1. The van der Waals surface area contributed by atoms with Gasteiger partial charge in [0.1, 0.15) is 0 Å². The van der Waals surface area contributed by atoms with Gasteiger partial charge in [-0.25, -0.2) is 0 Å². The third kappa shape index (κ3) is 3.12. The van der Waals surface area contributed by atoms with E-state index in [-0.39, 0.29) is 18.2 Å². The van der Waals surface area contributed by atoms with Crippen molar-refractivity contribution in [3.8, 4) is 0 Å². The monoisotopic (exact) mass is 312 g/mol. The van der Waals surface area contributed by atoms with E-state index in [0.717, 1.165) is 30.4 Å². The number of aliphatic hydroxyl groups excluding tert-OH is 1. The van der Waals surface area contributed by atoms with Crippen LogP contribution in [0.25, 0.3) is 0 Å². The number of nitrogens with zero attached hydrogens (tertiary/aromatic N) is 1. The van der Waals surface area contributed by atoms with E-state index in [4.69, 9.17) is 5.73 Å². The van der Waals surface area contributed by atoms with Gasteiger partial charge in [-0.05, 0) is 30.5 Å². The Morgan fingerprint density at radius 1 is 1.56 bits per heavy atom. The molecule has 1 aliphatic rings. The Morgan fingerprint density at radius 3 is 2.89 bits per heavy atom. The molecule has 3 N–H and O–H groups in total. The summed E-state index contributed by atoms with van der Waals surface area (Å²) < 4.78 is 1.08. The first-order valence-electron chi connectivity index (χ1n) is 6.55. The second kappa shape index (κ2) is 6.15. The van der Waals surface area contributed by atoms with Crippen molar-refractivity contribution in [2.24, 2.45) is 5.73 Å². The van der Waals surface area contributed by atoms with Crippen molar-refractivity contribution >= 4 is 15.9 Å². The standard InChI is InChI=1S/C14H21BrN2O/c1-2-13(16)14(17-7-6-12(18)9-17)10-4-3-5-11(15)8-10/h3-5,8,12-14,18H,2,6-7,9,16H2,1H3. The number of benzene rings is 1. The molecule has 1 aromatic rings. The van der Waals surface area contributed by atoms with Gasteiger partial charge in [-0.3, -0.25) is 4.90 Å². The number of hydrogen-bond donors (Lipinski definition) is 2. The summed E-state index contributed by atoms with van der Waals surface area (Å²) in [5.74, 6) is 0. The molecule has 1 heterocycles. The third-order valence-electron chi connectivity index (χ3n) is 3.66. The van der Waals surface area contributed by atoms with Crippen LogP contribution < -0.4 is 5.73 Å². The van der Waals surface area contributed by atoms with Crippen LogP contribution in [0.4, 0.5) is 0 Å². The van der Waals surface area contributed by atoms with Gasteiger partial charge < -0.3 is 10.8 Å². The lowest BCUT2D eigenvalue weighted by Gasteiger charge is -2.32. The molecule has 1 saturated heterocycles. The maximum Gasteiger partial charge on any atom is 0.0679 e. The molecular weight excluding hydrogens is 292 g/mol. The predicted molar refractivity (Wildman–Crippen MR) is 77.3 cm³/mol.